The molecule has 2 aromatic carbocycles. The monoisotopic (exact) mass is 490 g/mol. The van der Waals surface area contributed by atoms with E-state index in [0.717, 1.165) is 35.9 Å². The Hall–Kier alpha value is -3.40. The van der Waals surface area contributed by atoms with Gasteiger partial charge in [0.25, 0.3) is 5.69 Å². The molecule has 0 amide bonds. The molecule has 2 aromatic heterocycles. The van der Waals surface area contributed by atoms with Gasteiger partial charge in [-0.05, 0) is 23.6 Å². The number of carbonyl (C=O) groups excluding carboxylic acids is 1. The summed E-state index contributed by atoms with van der Waals surface area (Å²) < 4.78 is 0. The maximum Gasteiger partial charge on any atom is 0.293 e. The Morgan fingerprint density at radius 1 is 1.00 bits per heavy atom. The fourth-order valence-electron chi connectivity index (χ4n) is 4.11. The van der Waals surface area contributed by atoms with Crippen molar-refractivity contribution in [3.63, 3.8) is 0 Å². The predicted molar refractivity (Wildman–Crippen MR) is 136 cm³/mol. The third-order valence-corrected chi connectivity index (χ3v) is 7.51. The largest absolute Gasteiger partial charge is 0.363 e. The first kappa shape index (κ1) is 22.4. The molecular formula is C25H22N4O3S2. The summed E-state index contributed by atoms with van der Waals surface area (Å²) in [6.07, 6.45) is 0. The molecule has 34 heavy (non-hydrogen) atoms. The van der Waals surface area contributed by atoms with Crippen LogP contribution in [0.1, 0.15) is 21.6 Å². The summed E-state index contributed by atoms with van der Waals surface area (Å²) >= 11 is 3.32. The fourth-order valence-corrected chi connectivity index (χ4v) is 5.63. The van der Waals surface area contributed by atoms with Crippen molar-refractivity contribution in [2.75, 3.05) is 31.1 Å². The first-order chi connectivity index (χ1) is 16.6. The molecule has 1 aliphatic rings. The molecule has 7 nitrogen and oxygen atoms in total. The van der Waals surface area contributed by atoms with Gasteiger partial charge in [0, 0.05) is 66.2 Å². The van der Waals surface area contributed by atoms with E-state index in [0.29, 0.717) is 29.9 Å². The number of nitro benzene ring substituents is 1. The van der Waals surface area contributed by atoms with Gasteiger partial charge in [0.05, 0.1) is 10.6 Å². The molecular weight excluding hydrogens is 468 g/mol. The number of thiazole rings is 1. The summed E-state index contributed by atoms with van der Waals surface area (Å²) in [5, 5.41) is 19.1. The number of benzene rings is 2. The number of hydrogen-bond donors (Lipinski definition) is 0. The smallest absolute Gasteiger partial charge is 0.293 e. The predicted octanol–water partition coefficient (Wildman–Crippen LogP) is 5.33. The molecule has 0 N–H and O–H groups in total. The number of rotatable bonds is 7. The van der Waals surface area contributed by atoms with Crippen molar-refractivity contribution in [3.05, 3.63) is 97.7 Å². The van der Waals surface area contributed by atoms with E-state index >= 15 is 0 Å². The standard InChI is InChI=1S/C25H22N4O3S2/c30-24(18-4-2-1-3-5-18)19-6-7-22(23(14-19)29(31)32)28-11-9-27(10-12-28)15-21-17-34-25(26-21)20-8-13-33-16-20/h1-8,13-14,16-17H,9-12,15H2. The molecule has 0 saturated carbocycles. The molecule has 0 unspecified atom stereocenters. The molecule has 0 radical (unpaired) electrons. The molecule has 4 aromatic rings. The number of ketones is 1. The number of nitrogens with zero attached hydrogens (tertiary/aromatic N) is 4. The summed E-state index contributed by atoms with van der Waals surface area (Å²) in [5.74, 6) is -0.217. The Bertz CT molecular complexity index is 1300. The lowest BCUT2D eigenvalue weighted by Gasteiger charge is -2.35. The molecule has 1 fully saturated rings. The Morgan fingerprint density at radius 3 is 2.50 bits per heavy atom. The zero-order chi connectivity index (χ0) is 23.5. The average Bonchev–Trinajstić information content (AvgIpc) is 3.57. The number of carbonyl (C=O) groups is 1. The number of anilines is 1. The van der Waals surface area contributed by atoms with Crippen molar-refractivity contribution in [1.29, 1.82) is 0 Å². The minimum atomic E-state index is -0.398. The molecule has 0 bridgehead atoms. The van der Waals surface area contributed by atoms with Crippen LogP contribution in [-0.4, -0.2) is 46.8 Å². The number of nitro groups is 1. The first-order valence-electron chi connectivity index (χ1n) is 10.9. The molecule has 1 aliphatic heterocycles. The van der Waals surface area contributed by atoms with Gasteiger partial charge in [0.2, 0.25) is 0 Å². The van der Waals surface area contributed by atoms with Crippen molar-refractivity contribution >= 4 is 39.8 Å². The van der Waals surface area contributed by atoms with Crippen molar-refractivity contribution in [1.82, 2.24) is 9.88 Å². The molecule has 0 spiro atoms. The van der Waals surface area contributed by atoms with Crippen LogP contribution in [0.15, 0.2) is 70.7 Å². The van der Waals surface area contributed by atoms with E-state index < -0.39 is 4.92 Å². The second-order valence-electron chi connectivity index (χ2n) is 8.07. The molecule has 0 atom stereocenters. The maximum absolute atomic E-state index is 12.8. The zero-order valence-corrected chi connectivity index (χ0v) is 19.9. The Balaban J connectivity index is 1.26. The Kier molecular flexibility index (Phi) is 6.48. The van der Waals surface area contributed by atoms with E-state index in [2.05, 4.69) is 27.1 Å². The van der Waals surface area contributed by atoms with Crippen molar-refractivity contribution in [2.24, 2.45) is 0 Å². The molecule has 172 valence electrons. The topological polar surface area (TPSA) is 79.6 Å². The second kappa shape index (κ2) is 9.84. The van der Waals surface area contributed by atoms with Crippen LogP contribution < -0.4 is 4.90 Å². The summed E-state index contributed by atoms with van der Waals surface area (Å²) in [4.78, 5) is 33.3. The van der Waals surface area contributed by atoms with E-state index in [-0.39, 0.29) is 11.5 Å². The Morgan fingerprint density at radius 2 is 1.79 bits per heavy atom. The van der Waals surface area contributed by atoms with E-state index in [1.54, 1.807) is 59.1 Å². The van der Waals surface area contributed by atoms with Crippen LogP contribution in [0.5, 0.6) is 0 Å². The van der Waals surface area contributed by atoms with Crippen molar-refractivity contribution < 1.29 is 9.72 Å². The molecule has 0 aliphatic carbocycles. The normalized spacial score (nSPS) is 14.3. The van der Waals surface area contributed by atoms with Gasteiger partial charge >= 0.3 is 0 Å². The number of thiophene rings is 1. The SMILES string of the molecule is O=C(c1ccccc1)c1ccc(N2CCN(Cc3csc(-c4ccsc4)n3)CC2)c([N+](=O)[O-])c1. The average molecular weight is 491 g/mol. The Labute approximate surface area is 205 Å². The van der Waals surface area contributed by atoms with Gasteiger partial charge in [-0.2, -0.15) is 11.3 Å². The van der Waals surface area contributed by atoms with Gasteiger partial charge in [-0.3, -0.25) is 19.8 Å². The van der Waals surface area contributed by atoms with Crippen molar-refractivity contribution in [2.45, 2.75) is 6.54 Å². The highest BCUT2D eigenvalue weighted by Gasteiger charge is 2.26. The minimum Gasteiger partial charge on any atom is -0.363 e. The number of piperazine rings is 1. The summed E-state index contributed by atoms with van der Waals surface area (Å²) in [6.45, 7) is 3.68. The van der Waals surface area contributed by atoms with Crippen LogP contribution in [0.3, 0.4) is 0 Å². The first-order valence-corrected chi connectivity index (χ1v) is 12.7. The van der Waals surface area contributed by atoms with Gasteiger partial charge < -0.3 is 4.90 Å². The van der Waals surface area contributed by atoms with Gasteiger partial charge in [0.1, 0.15) is 10.7 Å². The van der Waals surface area contributed by atoms with Crippen LogP contribution >= 0.6 is 22.7 Å². The molecule has 9 heteroatoms. The van der Waals surface area contributed by atoms with E-state index in [1.165, 1.54) is 6.07 Å². The van der Waals surface area contributed by atoms with Gasteiger partial charge in [-0.15, -0.1) is 11.3 Å². The quantitative estimate of drug-likeness (QED) is 0.198. The number of hydrogen-bond acceptors (Lipinski definition) is 8. The van der Waals surface area contributed by atoms with Crippen LogP contribution in [0.2, 0.25) is 0 Å². The lowest BCUT2D eigenvalue weighted by atomic mass is 10.0. The van der Waals surface area contributed by atoms with Crippen LogP contribution in [0, 0.1) is 10.1 Å². The summed E-state index contributed by atoms with van der Waals surface area (Å²) in [7, 11) is 0. The van der Waals surface area contributed by atoms with Crippen LogP contribution in [0.4, 0.5) is 11.4 Å². The lowest BCUT2D eigenvalue weighted by Crippen LogP contribution is -2.46. The highest BCUT2D eigenvalue weighted by Crippen LogP contribution is 2.31. The van der Waals surface area contributed by atoms with Crippen molar-refractivity contribution in [3.8, 4) is 10.6 Å². The second-order valence-corrected chi connectivity index (χ2v) is 9.71. The molecule has 1 saturated heterocycles. The molecule has 3 heterocycles. The summed E-state index contributed by atoms with van der Waals surface area (Å²) in [5.41, 5.74) is 3.58. The highest BCUT2D eigenvalue weighted by molar-refractivity contribution is 7.14. The zero-order valence-electron chi connectivity index (χ0n) is 18.3. The van der Waals surface area contributed by atoms with Gasteiger partial charge in [-0.1, -0.05) is 30.3 Å². The third-order valence-electron chi connectivity index (χ3n) is 5.89. The van der Waals surface area contributed by atoms with Crippen LogP contribution in [0.25, 0.3) is 10.6 Å². The van der Waals surface area contributed by atoms with E-state index in [4.69, 9.17) is 4.98 Å². The fraction of sp³-hybridized carbons (Fsp3) is 0.200. The maximum atomic E-state index is 12.8. The molecule has 5 rings (SSSR count). The van der Waals surface area contributed by atoms with Gasteiger partial charge in [0.15, 0.2) is 5.78 Å². The summed E-state index contributed by atoms with van der Waals surface area (Å²) in [6, 6.07) is 15.7. The third kappa shape index (κ3) is 4.77. The number of aromatic nitrogens is 1. The van der Waals surface area contributed by atoms with E-state index in [1.807, 2.05) is 11.0 Å². The highest BCUT2D eigenvalue weighted by atomic mass is 32.1. The van der Waals surface area contributed by atoms with Crippen LogP contribution in [-0.2, 0) is 6.54 Å². The van der Waals surface area contributed by atoms with Gasteiger partial charge in [-0.25, -0.2) is 4.98 Å². The minimum absolute atomic E-state index is 0.0323. The lowest BCUT2D eigenvalue weighted by molar-refractivity contribution is -0.384. The van der Waals surface area contributed by atoms with E-state index in [9.17, 15) is 14.9 Å².